The Balaban J connectivity index is 1.84. The maximum Gasteiger partial charge on any atom is 0.422 e. The highest BCUT2D eigenvalue weighted by atomic mass is 19.4. The molecule has 1 aliphatic rings. The van der Waals surface area contributed by atoms with Crippen molar-refractivity contribution < 1.29 is 27.1 Å². The first-order valence-corrected chi connectivity index (χ1v) is 8.72. The Hall–Kier alpha value is -3.09. The molecule has 10 heteroatoms. The molecule has 1 aromatic heterocycles. The Kier molecular flexibility index (Phi) is 5.26. The summed E-state index contributed by atoms with van der Waals surface area (Å²) >= 11 is 0. The van der Waals surface area contributed by atoms with E-state index < -0.39 is 24.4 Å². The number of carbonyl (C=O) groups excluding carboxylic acids is 1. The zero-order valence-electron chi connectivity index (χ0n) is 15.8. The first-order chi connectivity index (χ1) is 13.5. The largest absolute Gasteiger partial charge is 0.483 e. The van der Waals surface area contributed by atoms with E-state index in [-0.39, 0.29) is 36.5 Å². The van der Waals surface area contributed by atoms with Gasteiger partial charge in [0.2, 0.25) is 0 Å². The Labute approximate surface area is 164 Å². The fourth-order valence-electron chi connectivity index (χ4n) is 3.07. The summed E-state index contributed by atoms with van der Waals surface area (Å²) in [6.45, 7) is 1.58. The number of ether oxygens (including phenoxy) is 1. The molecule has 0 fully saturated rings. The second-order valence-electron chi connectivity index (χ2n) is 7.38. The van der Waals surface area contributed by atoms with Crippen molar-refractivity contribution in [2.24, 2.45) is 0 Å². The number of amides is 1. The number of halogens is 4. The third-order valence-electron chi connectivity index (χ3n) is 4.28. The highest BCUT2D eigenvalue weighted by molar-refractivity contribution is 5.97. The zero-order chi connectivity index (χ0) is 21.4. The molecule has 3 rings (SSSR count). The van der Waals surface area contributed by atoms with Gasteiger partial charge >= 0.3 is 6.18 Å². The van der Waals surface area contributed by atoms with Crippen LogP contribution in [0, 0.1) is 11.3 Å². The molecule has 1 aliphatic heterocycles. The van der Waals surface area contributed by atoms with Gasteiger partial charge in [-0.15, -0.1) is 0 Å². The quantitative estimate of drug-likeness (QED) is 0.707. The molecule has 1 amide bonds. The Morgan fingerprint density at radius 3 is 2.62 bits per heavy atom. The zero-order valence-corrected chi connectivity index (χ0v) is 15.8. The summed E-state index contributed by atoms with van der Waals surface area (Å²) < 4.78 is 57.8. The van der Waals surface area contributed by atoms with Gasteiger partial charge in [0.15, 0.2) is 6.61 Å². The van der Waals surface area contributed by atoms with Gasteiger partial charge in [-0.25, -0.2) is 4.39 Å². The van der Waals surface area contributed by atoms with Crippen LogP contribution < -0.4 is 4.74 Å². The molecule has 1 aromatic carbocycles. The number of benzene rings is 1. The molecular formula is C19H18F4N4O2. The van der Waals surface area contributed by atoms with Crippen LogP contribution in [0.2, 0.25) is 0 Å². The van der Waals surface area contributed by atoms with Crippen molar-refractivity contribution in [1.29, 1.82) is 5.26 Å². The maximum atomic E-state index is 14.0. The third-order valence-corrected chi connectivity index (χ3v) is 4.28. The van der Waals surface area contributed by atoms with Crippen LogP contribution in [0.1, 0.15) is 41.0 Å². The number of fused-ring (bicyclic) bond motifs is 1. The summed E-state index contributed by atoms with van der Waals surface area (Å²) in [5.74, 6) is -0.838. The van der Waals surface area contributed by atoms with Gasteiger partial charge < -0.3 is 9.64 Å². The van der Waals surface area contributed by atoms with Crippen molar-refractivity contribution in [3.63, 3.8) is 0 Å². The fraction of sp³-hybridized carbons (Fsp3) is 0.421. The van der Waals surface area contributed by atoms with Crippen molar-refractivity contribution in [3.05, 3.63) is 46.8 Å². The molecule has 0 bridgehead atoms. The minimum atomic E-state index is -4.57. The Morgan fingerprint density at radius 1 is 1.28 bits per heavy atom. The predicted molar refractivity (Wildman–Crippen MR) is 93.7 cm³/mol. The van der Waals surface area contributed by atoms with Gasteiger partial charge in [0, 0.05) is 12.1 Å². The summed E-state index contributed by atoms with van der Waals surface area (Å²) in [5.41, 5.74) is -0.120. The van der Waals surface area contributed by atoms with Gasteiger partial charge in [0.1, 0.15) is 11.4 Å². The standard InChI is InChI=1S/C19H18F4N4O2/c1-18(2,20)10-27-15-9-26(8-13(15)7-25-27)17(28)14-5-12(6-24)3-4-16(14)29-11-19(21,22)23/h3-5,7H,8-11H2,1-2H3. The molecular weight excluding hydrogens is 392 g/mol. The first-order valence-electron chi connectivity index (χ1n) is 8.72. The number of nitriles is 1. The second-order valence-corrected chi connectivity index (χ2v) is 7.38. The Morgan fingerprint density at radius 2 is 2.00 bits per heavy atom. The topological polar surface area (TPSA) is 71.2 Å². The van der Waals surface area contributed by atoms with Crippen LogP contribution in [0.4, 0.5) is 17.6 Å². The van der Waals surface area contributed by atoms with E-state index in [1.54, 1.807) is 6.20 Å². The molecule has 0 N–H and O–H groups in total. The van der Waals surface area contributed by atoms with E-state index in [4.69, 9.17) is 10.00 Å². The van der Waals surface area contributed by atoms with E-state index in [0.29, 0.717) is 5.69 Å². The van der Waals surface area contributed by atoms with Gasteiger partial charge in [-0.2, -0.15) is 23.5 Å². The van der Waals surface area contributed by atoms with E-state index in [1.807, 2.05) is 6.07 Å². The Bertz CT molecular complexity index is 970. The summed E-state index contributed by atoms with van der Waals surface area (Å²) in [4.78, 5) is 14.4. The van der Waals surface area contributed by atoms with Crippen molar-refractivity contribution in [1.82, 2.24) is 14.7 Å². The normalized spacial score (nSPS) is 13.9. The van der Waals surface area contributed by atoms with Crippen LogP contribution in [0.15, 0.2) is 24.4 Å². The molecule has 6 nitrogen and oxygen atoms in total. The maximum absolute atomic E-state index is 14.0. The lowest BCUT2D eigenvalue weighted by Gasteiger charge is -2.20. The molecule has 0 radical (unpaired) electrons. The average molecular weight is 410 g/mol. The van der Waals surface area contributed by atoms with E-state index >= 15 is 0 Å². The van der Waals surface area contributed by atoms with Crippen LogP contribution in [0.3, 0.4) is 0 Å². The number of hydrogen-bond acceptors (Lipinski definition) is 4. The van der Waals surface area contributed by atoms with Crippen LogP contribution in [0.25, 0.3) is 0 Å². The van der Waals surface area contributed by atoms with Crippen molar-refractivity contribution in [2.75, 3.05) is 6.61 Å². The number of alkyl halides is 4. The smallest absolute Gasteiger partial charge is 0.422 e. The highest BCUT2D eigenvalue weighted by Gasteiger charge is 2.33. The van der Waals surface area contributed by atoms with Gasteiger partial charge in [-0.05, 0) is 32.0 Å². The minimum Gasteiger partial charge on any atom is -0.483 e. The summed E-state index contributed by atoms with van der Waals surface area (Å²) in [5, 5.41) is 13.2. The van der Waals surface area contributed by atoms with Gasteiger partial charge in [0.05, 0.1) is 42.2 Å². The molecule has 0 atom stereocenters. The summed E-state index contributed by atoms with van der Waals surface area (Å²) in [7, 11) is 0. The van der Waals surface area contributed by atoms with Gasteiger partial charge in [-0.1, -0.05) is 0 Å². The molecule has 0 saturated heterocycles. The lowest BCUT2D eigenvalue weighted by atomic mass is 10.1. The summed E-state index contributed by atoms with van der Waals surface area (Å²) in [6, 6.07) is 5.51. The first kappa shape index (κ1) is 20.6. The van der Waals surface area contributed by atoms with Gasteiger partial charge in [0.25, 0.3) is 5.91 Å². The molecule has 0 unspecified atom stereocenters. The van der Waals surface area contributed by atoms with Crippen molar-refractivity contribution in [3.8, 4) is 11.8 Å². The van der Waals surface area contributed by atoms with E-state index in [9.17, 15) is 22.4 Å². The highest BCUT2D eigenvalue weighted by Crippen LogP contribution is 2.30. The lowest BCUT2D eigenvalue weighted by Crippen LogP contribution is -2.29. The van der Waals surface area contributed by atoms with E-state index in [0.717, 1.165) is 5.56 Å². The van der Waals surface area contributed by atoms with Crippen LogP contribution >= 0.6 is 0 Å². The van der Waals surface area contributed by atoms with Crippen LogP contribution in [-0.4, -0.2) is 39.0 Å². The van der Waals surface area contributed by atoms with Crippen molar-refractivity contribution >= 4 is 5.91 Å². The molecule has 0 spiro atoms. The molecule has 2 aromatic rings. The summed E-state index contributed by atoms with van der Waals surface area (Å²) in [6.07, 6.45) is -3.03. The molecule has 0 saturated carbocycles. The number of nitrogens with zero attached hydrogens (tertiary/aromatic N) is 4. The molecule has 29 heavy (non-hydrogen) atoms. The van der Waals surface area contributed by atoms with Crippen LogP contribution in [-0.2, 0) is 19.6 Å². The third kappa shape index (κ3) is 4.85. The predicted octanol–water partition coefficient (Wildman–Crippen LogP) is 3.60. The molecule has 154 valence electrons. The van der Waals surface area contributed by atoms with Crippen molar-refractivity contribution in [2.45, 2.75) is 45.3 Å². The minimum absolute atomic E-state index is 0.00816. The second kappa shape index (κ2) is 7.39. The molecule has 2 heterocycles. The van der Waals surface area contributed by atoms with E-state index in [1.165, 1.54) is 41.6 Å². The monoisotopic (exact) mass is 410 g/mol. The molecule has 0 aliphatic carbocycles. The SMILES string of the molecule is CC(C)(F)Cn1ncc2c1CN(C(=O)c1cc(C#N)ccc1OCC(F)(F)F)C2. The van der Waals surface area contributed by atoms with E-state index in [2.05, 4.69) is 5.10 Å². The van der Waals surface area contributed by atoms with Gasteiger partial charge in [-0.3, -0.25) is 9.48 Å². The van der Waals surface area contributed by atoms with Crippen LogP contribution in [0.5, 0.6) is 5.75 Å². The number of aromatic nitrogens is 2. The number of hydrogen-bond donors (Lipinski definition) is 0. The number of carbonyl (C=O) groups is 1. The number of rotatable bonds is 5. The average Bonchev–Trinajstić information content (AvgIpc) is 3.19. The fourth-order valence-corrected chi connectivity index (χ4v) is 3.07. The lowest BCUT2D eigenvalue weighted by molar-refractivity contribution is -0.153.